The normalized spacial score (nSPS) is 26.3. The smallest absolute Gasteiger partial charge is 0.161 e. The molecule has 0 spiro atoms. The monoisotopic (exact) mass is 247 g/mol. The van der Waals surface area contributed by atoms with Crippen LogP contribution in [-0.2, 0) is 0 Å². The van der Waals surface area contributed by atoms with E-state index in [1.807, 2.05) is 0 Å². The molecular weight excluding hydrogens is 226 g/mol. The van der Waals surface area contributed by atoms with Gasteiger partial charge in [-0.05, 0) is 61.8 Å². The van der Waals surface area contributed by atoms with Gasteiger partial charge in [-0.15, -0.1) is 0 Å². The molecule has 0 amide bonds. The lowest BCUT2D eigenvalue weighted by molar-refractivity contribution is 0.171. The van der Waals surface area contributed by atoms with E-state index in [4.69, 9.17) is 15.2 Å². The summed E-state index contributed by atoms with van der Waals surface area (Å²) in [6, 6.07) is 6.42. The van der Waals surface area contributed by atoms with Gasteiger partial charge in [-0.25, -0.2) is 0 Å². The molecule has 1 aliphatic heterocycles. The average molecular weight is 247 g/mol. The lowest BCUT2D eigenvalue weighted by atomic mass is 9.95. The average Bonchev–Trinajstić information content (AvgIpc) is 2.87. The van der Waals surface area contributed by atoms with Crippen LogP contribution in [0.2, 0.25) is 0 Å². The molecule has 2 unspecified atom stereocenters. The number of hydrogen-bond acceptors (Lipinski definition) is 3. The first-order chi connectivity index (χ1) is 8.86. The predicted octanol–water partition coefficient (Wildman–Crippen LogP) is 2.69. The number of benzene rings is 1. The van der Waals surface area contributed by atoms with E-state index < -0.39 is 0 Å². The molecule has 0 bridgehead atoms. The molecule has 1 saturated carbocycles. The molecule has 18 heavy (non-hydrogen) atoms. The fraction of sp³-hybridized carbons (Fsp3) is 0.600. The highest BCUT2D eigenvalue weighted by atomic mass is 16.6. The maximum atomic E-state index is 5.65. The number of hydrogen-bond donors (Lipinski definition) is 1. The molecule has 98 valence electrons. The van der Waals surface area contributed by atoms with E-state index in [2.05, 4.69) is 18.2 Å². The summed E-state index contributed by atoms with van der Waals surface area (Å²) in [5.41, 5.74) is 7.05. The van der Waals surface area contributed by atoms with Crippen LogP contribution in [-0.4, -0.2) is 19.8 Å². The molecule has 2 aliphatic rings. The van der Waals surface area contributed by atoms with Crippen LogP contribution in [0.1, 0.15) is 37.2 Å². The highest BCUT2D eigenvalue weighted by molar-refractivity contribution is 5.45. The lowest BCUT2D eigenvalue weighted by Gasteiger charge is -2.20. The zero-order valence-corrected chi connectivity index (χ0v) is 10.7. The molecule has 1 aliphatic carbocycles. The standard InChI is InChI=1S/C15H21NO2/c16-6-5-11-1-2-12(9-11)13-3-4-14-15(10-13)18-8-7-17-14/h3-4,10-12H,1-2,5-9,16H2. The maximum absolute atomic E-state index is 5.65. The van der Waals surface area contributed by atoms with E-state index in [9.17, 15) is 0 Å². The summed E-state index contributed by atoms with van der Waals surface area (Å²) in [5.74, 6) is 3.30. The largest absolute Gasteiger partial charge is 0.486 e. The molecule has 3 nitrogen and oxygen atoms in total. The highest BCUT2D eigenvalue weighted by Gasteiger charge is 2.26. The Bertz CT molecular complexity index is 419. The molecule has 2 N–H and O–H groups in total. The summed E-state index contributed by atoms with van der Waals surface area (Å²) in [5, 5.41) is 0. The minimum atomic E-state index is 0.661. The first-order valence-corrected chi connectivity index (χ1v) is 6.96. The molecule has 0 aromatic heterocycles. The van der Waals surface area contributed by atoms with Crippen molar-refractivity contribution in [3.8, 4) is 11.5 Å². The fourth-order valence-corrected chi connectivity index (χ4v) is 3.19. The Kier molecular flexibility index (Phi) is 3.41. The van der Waals surface area contributed by atoms with Crippen molar-refractivity contribution in [2.24, 2.45) is 11.7 Å². The topological polar surface area (TPSA) is 44.5 Å². The van der Waals surface area contributed by atoms with Crippen molar-refractivity contribution < 1.29 is 9.47 Å². The van der Waals surface area contributed by atoms with E-state index >= 15 is 0 Å². The maximum Gasteiger partial charge on any atom is 0.161 e. The van der Waals surface area contributed by atoms with Gasteiger partial charge in [0.2, 0.25) is 0 Å². The van der Waals surface area contributed by atoms with Gasteiger partial charge in [0.05, 0.1) is 0 Å². The third-order valence-electron chi connectivity index (χ3n) is 4.15. The first-order valence-electron chi connectivity index (χ1n) is 6.96. The van der Waals surface area contributed by atoms with Crippen molar-refractivity contribution >= 4 is 0 Å². The minimum absolute atomic E-state index is 0.661. The second kappa shape index (κ2) is 5.19. The van der Waals surface area contributed by atoms with E-state index in [-0.39, 0.29) is 0 Å². The van der Waals surface area contributed by atoms with Crippen molar-refractivity contribution in [1.82, 2.24) is 0 Å². The quantitative estimate of drug-likeness (QED) is 0.893. The summed E-state index contributed by atoms with van der Waals surface area (Å²) < 4.78 is 11.2. The molecular formula is C15H21NO2. The first kappa shape index (κ1) is 11.8. The summed E-state index contributed by atoms with van der Waals surface area (Å²) >= 11 is 0. The Morgan fingerprint density at radius 2 is 1.94 bits per heavy atom. The molecule has 1 aromatic carbocycles. The van der Waals surface area contributed by atoms with Gasteiger partial charge in [0.25, 0.3) is 0 Å². The van der Waals surface area contributed by atoms with Crippen LogP contribution in [0, 0.1) is 5.92 Å². The van der Waals surface area contributed by atoms with Gasteiger partial charge in [-0.3, -0.25) is 0 Å². The lowest BCUT2D eigenvalue weighted by Crippen LogP contribution is -2.15. The Morgan fingerprint density at radius 1 is 1.11 bits per heavy atom. The molecule has 1 heterocycles. The van der Waals surface area contributed by atoms with Crippen LogP contribution in [0.25, 0.3) is 0 Å². The second-order valence-corrected chi connectivity index (χ2v) is 5.36. The zero-order chi connectivity index (χ0) is 12.4. The van der Waals surface area contributed by atoms with Crippen molar-refractivity contribution in [3.05, 3.63) is 23.8 Å². The number of ether oxygens (including phenoxy) is 2. The van der Waals surface area contributed by atoms with Crippen LogP contribution in [0.3, 0.4) is 0 Å². The number of fused-ring (bicyclic) bond motifs is 1. The third-order valence-corrected chi connectivity index (χ3v) is 4.15. The van der Waals surface area contributed by atoms with Crippen LogP contribution < -0.4 is 15.2 Å². The van der Waals surface area contributed by atoms with Gasteiger partial charge < -0.3 is 15.2 Å². The molecule has 3 heteroatoms. The molecule has 0 radical (unpaired) electrons. The summed E-state index contributed by atoms with van der Waals surface area (Å²) in [6.45, 7) is 2.14. The second-order valence-electron chi connectivity index (χ2n) is 5.36. The van der Waals surface area contributed by atoms with Gasteiger partial charge in [-0.1, -0.05) is 6.07 Å². The Hall–Kier alpha value is -1.22. The third kappa shape index (κ3) is 2.32. The highest BCUT2D eigenvalue weighted by Crippen LogP contribution is 2.42. The van der Waals surface area contributed by atoms with Gasteiger partial charge in [0.15, 0.2) is 11.5 Å². The SMILES string of the molecule is NCCC1CCC(c2ccc3c(c2)OCCO3)C1. The number of rotatable bonds is 3. The van der Waals surface area contributed by atoms with Crippen LogP contribution >= 0.6 is 0 Å². The van der Waals surface area contributed by atoms with E-state index in [1.165, 1.54) is 31.2 Å². The molecule has 0 saturated heterocycles. The Balaban J connectivity index is 1.73. The summed E-state index contributed by atoms with van der Waals surface area (Å²) in [4.78, 5) is 0. The molecule has 1 fully saturated rings. The molecule has 2 atom stereocenters. The van der Waals surface area contributed by atoms with Gasteiger partial charge in [-0.2, -0.15) is 0 Å². The van der Waals surface area contributed by atoms with Crippen molar-refractivity contribution in [1.29, 1.82) is 0 Å². The fourth-order valence-electron chi connectivity index (χ4n) is 3.19. The Morgan fingerprint density at radius 3 is 2.78 bits per heavy atom. The van der Waals surface area contributed by atoms with Crippen molar-refractivity contribution in [3.63, 3.8) is 0 Å². The van der Waals surface area contributed by atoms with E-state index in [1.54, 1.807) is 0 Å². The van der Waals surface area contributed by atoms with Gasteiger partial charge in [0.1, 0.15) is 13.2 Å². The summed E-state index contributed by atoms with van der Waals surface area (Å²) in [7, 11) is 0. The number of nitrogens with two attached hydrogens (primary N) is 1. The van der Waals surface area contributed by atoms with Crippen molar-refractivity contribution in [2.75, 3.05) is 19.8 Å². The van der Waals surface area contributed by atoms with E-state index in [0.717, 1.165) is 24.0 Å². The molecule has 3 rings (SSSR count). The minimum Gasteiger partial charge on any atom is -0.486 e. The van der Waals surface area contributed by atoms with Crippen LogP contribution in [0.5, 0.6) is 11.5 Å². The Labute approximate surface area is 108 Å². The van der Waals surface area contributed by atoms with Crippen molar-refractivity contribution in [2.45, 2.75) is 31.6 Å². The van der Waals surface area contributed by atoms with Gasteiger partial charge in [0, 0.05) is 0 Å². The van der Waals surface area contributed by atoms with Crippen LogP contribution in [0.4, 0.5) is 0 Å². The summed E-state index contributed by atoms with van der Waals surface area (Å²) in [6.07, 6.45) is 5.04. The predicted molar refractivity (Wildman–Crippen MR) is 71.2 cm³/mol. The van der Waals surface area contributed by atoms with Gasteiger partial charge >= 0.3 is 0 Å². The molecule has 1 aromatic rings. The van der Waals surface area contributed by atoms with Crippen LogP contribution in [0.15, 0.2) is 18.2 Å². The van der Waals surface area contributed by atoms with E-state index in [0.29, 0.717) is 19.1 Å². The zero-order valence-electron chi connectivity index (χ0n) is 10.7.